The largest absolute Gasteiger partial charge is 0.481 e. The second kappa shape index (κ2) is 8.25. The summed E-state index contributed by atoms with van der Waals surface area (Å²) in [5, 5.41) is 11.8. The number of aliphatic carboxylic acids is 1. The highest BCUT2D eigenvalue weighted by Crippen LogP contribution is 2.23. The molecule has 1 aliphatic rings. The van der Waals surface area contributed by atoms with Crippen molar-refractivity contribution in [3.05, 3.63) is 0 Å². The summed E-state index contributed by atoms with van der Waals surface area (Å²) >= 11 is 0. The molecule has 20 heavy (non-hydrogen) atoms. The molecule has 0 bridgehead atoms. The minimum absolute atomic E-state index is 0.0160. The average Bonchev–Trinajstić information content (AvgIpc) is 2.35. The fourth-order valence-electron chi connectivity index (χ4n) is 2.92. The van der Waals surface area contributed by atoms with E-state index in [1.54, 1.807) is 0 Å². The summed E-state index contributed by atoms with van der Waals surface area (Å²) in [7, 11) is 0. The lowest BCUT2D eigenvalue weighted by Crippen LogP contribution is -2.38. The normalized spacial score (nSPS) is 24.4. The van der Waals surface area contributed by atoms with Gasteiger partial charge in [-0.25, -0.2) is 0 Å². The predicted molar refractivity (Wildman–Crippen MR) is 78.1 cm³/mol. The molecule has 0 heterocycles. The molecule has 5 heteroatoms. The molecule has 0 aliphatic heterocycles. The molecule has 0 spiro atoms. The van der Waals surface area contributed by atoms with Crippen LogP contribution in [0, 0.1) is 17.8 Å². The van der Waals surface area contributed by atoms with Gasteiger partial charge < -0.3 is 16.2 Å². The molecule has 0 saturated heterocycles. The first-order valence-corrected chi connectivity index (χ1v) is 7.63. The summed E-state index contributed by atoms with van der Waals surface area (Å²) in [6.45, 7) is 4.60. The van der Waals surface area contributed by atoms with Crippen LogP contribution in [0.15, 0.2) is 0 Å². The van der Waals surface area contributed by atoms with Crippen LogP contribution < -0.4 is 11.1 Å². The first-order chi connectivity index (χ1) is 9.38. The number of nitrogens with two attached hydrogens (primary N) is 1. The van der Waals surface area contributed by atoms with Gasteiger partial charge in [-0.15, -0.1) is 0 Å². The van der Waals surface area contributed by atoms with E-state index in [9.17, 15) is 9.59 Å². The van der Waals surface area contributed by atoms with Crippen LogP contribution in [0.4, 0.5) is 0 Å². The van der Waals surface area contributed by atoms with Crippen molar-refractivity contribution >= 4 is 11.9 Å². The zero-order valence-corrected chi connectivity index (χ0v) is 12.6. The van der Waals surface area contributed by atoms with Crippen molar-refractivity contribution in [1.29, 1.82) is 0 Å². The van der Waals surface area contributed by atoms with Crippen molar-refractivity contribution in [2.45, 2.75) is 58.4 Å². The van der Waals surface area contributed by atoms with E-state index in [2.05, 4.69) is 19.2 Å². The Hall–Kier alpha value is -1.10. The number of nitrogens with one attached hydrogen (secondary N) is 1. The summed E-state index contributed by atoms with van der Waals surface area (Å²) in [6, 6.07) is 0.236. The lowest BCUT2D eigenvalue weighted by Gasteiger charge is -2.26. The van der Waals surface area contributed by atoms with Crippen LogP contribution in [0.3, 0.4) is 0 Å². The molecule has 0 aromatic carbocycles. The number of carboxylic acids is 1. The first kappa shape index (κ1) is 17.0. The van der Waals surface area contributed by atoms with Gasteiger partial charge >= 0.3 is 5.97 Å². The molecule has 1 aliphatic carbocycles. The van der Waals surface area contributed by atoms with Crippen LogP contribution in [0.1, 0.15) is 52.4 Å². The smallest absolute Gasteiger partial charge is 0.303 e. The minimum Gasteiger partial charge on any atom is -0.481 e. The average molecular weight is 284 g/mol. The fraction of sp³-hybridized carbons (Fsp3) is 0.867. The zero-order valence-electron chi connectivity index (χ0n) is 12.6. The van der Waals surface area contributed by atoms with Gasteiger partial charge in [0.15, 0.2) is 0 Å². The zero-order chi connectivity index (χ0) is 15.1. The maximum absolute atomic E-state index is 12.1. The summed E-state index contributed by atoms with van der Waals surface area (Å²) in [5.74, 6) is -0.227. The van der Waals surface area contributed by atoms with E-state index in [0.29, 0.717) is 12.5 Å². The molecule has 1 fully saturated rings. The lowest BCUT2D eigenvalue weighted by molar-refractivity contribution is -0.138. The Kier molecular flexibility index (Phi) is 6.99. The standard InChI is InChI=1S/C15H28N2O3/c1-10(2)7-11(8-14(18)19)9-17-15(20)12-3-5-13(16)6-4-12/h10-13H,3-9,16H2,1-2H3,(H,17,20)(H,18,19)/t11-,12?,13?/m0/s1. The SMILES string of the molecule is CC(C)C[C@H](CNC(=O)C1CCC(N)CC1)CC(=O)O. The summed E-state index contributed by atoms with van der Waals surface area (Å²) in [6.07, 6.45) is 4.45. The number of hydrogen-bond acceptors (Lipinski definition) is 3. The third-order valence-electron chi connectivity index (χ3n) is 3.98. The van der Waals surface area contributed by atoms with E-state index < -0.39 is 5.97 Å². The van der Waals surface area contributed by atoms with Gasteiger partial charge in [0, 0.05) is 24.9 Å². The van der Waals surface area contributed by atoms with Crippen LogP contribution >= 0.6 is 0 Å². The molecule has 1 saturated carbocycles. The summed E-state index contributed by atoms with van der Waals surface area (Å²) in [5.41, 5.74) is 5.83. The van der Waals surface area contributed by atoms with E-state index in [4.69, 9.17) is 10.8 Å². The van der Waals surface area contributed by atoms with Crippen molar-refractivity contribution in [2.24, 2.45) is 23.5 Å². The Labute approximate surface area is 121 Å². The van der Waals surface area contributed by atoms with Crippen molar-refractivity contribution in [3.63, 3.8) is 0 Å². The molecule has 4 N–H and O–H groups in total. The molecular weight excluding hydrogens is 256 g/mol. The van der Waals surface area contributed by atoms with Gasteiger partial charge in [-0.05, 0) is 43.9 Å². The predicted octanol–water partition coefficient (Wildman–Crippen LogP) is 1.76. The molecular formula is C15H28N2O3. The number of amides is 1. The maximum Gasteiger partial charge on any atom is 0.303 e. The molecule has 5 nitrogen and oxygen atoms in total. The van der Waals surface area contributed by atoms with E-state index in [0.717, 1.165) is 32.1 Å². The van der Waals surface area contributed by atoms with E-state index >= 15 is 0 Å². The quantitative estimate of drug-likeness (QED) is 0.664. The van der Waals surface area contributed by atoms with Crippen molar-refractivity contribution < 1.29 is 14.7 Å². The van der Waals surface area contributed by atoms with Gasteiger partial charge in [-0.3, -0.25) is 9.59 Å². The lowest BCUT2D eigenvalue weighted by atomic mass is 9.85. The fourth-order valence-corrected chi connectivity index (χ4v) is 2.92. The van der Waals surface area contributed by atoms with Crippen LogP contribution in [-0.4, -0.2) is 29.6 Å². The molecule has 116 valence electrons. The van der Waals surface area contributed by atoms with Gasteiger partial charge in [-0.1, -0.05) is 13.8 Å². The van der Waals surface area contributed by atoms with Gasteiger partial charge in [0.1, 0.15) is 0 Å². The topological polar surface area (TPSA) is 92.4 Å². The highest BCUT2D eigenvalue weighted by molar-refractivity contribution is 5.78. The van der Waals surface area contributed by atoms with Gasteiger partial charge in [0.05, 0.1) is 0 Å². The van der Waals surface area contributed by atoms with Crippen LogP contribution in [-0.2, 0) is 9.59 Å². The molecule has 1 rings (SSSR count). The van der Waals surface area contributed by atoms with Crippen LogP contribution in [0.5, 0.6) is 0 Å². The summed E-state index contributed by atoms with van der Waals surface area (Å²) in [4.78, 5) is 22.9. The Morgan fingerprint density at radius 3 is 2.35 bits per heavy atom. The highest BCUT2D eigenvalue weighted by atomic mass is 16.4. The first-order valence-electron chi connectivity index (χ1n) is 7.63. The van der Waals surface area contributed by atoms with Gasteiger partial charge in [0.2, 0.25) is 5.91 Å². The Morgan fingerprint density at radius 1 is 1.25 bits per heavy atom. The number of rotatable bonds is 7. The van der Waals surface area contributed by atoms with Gasteiger partial charge in [0.25, 0.3) is 0 Å². The molecule has 0 unspecified atom stereocenters. The maximum atomic E-state index is 12.1. The summed E-state index contributed by atoms with van der Waals surface area (Å²) < 4.78 is 0. The molecule has 1 amide bonds. The molecule has 0 aromatic rings. The van der Waals surface area contributed by atoms with E-state index in [1.807, 2.05) is 0 Å². The van der Waals surface area contributed by atoms with Crippen molar-refractivity contribution in [2.75, 3.05) is 6.54 Å². The van der Waals surface area contributed by atoms with Crippen molar-refractivity contribution in [1.82, 2.24) is 5.32 Å². The second-order valence-corrected chi connectivity index (χ2v) is 6.45. The molecule has 0 radical (unpaired) electrons. The second-order valence-electron chi connectivity index (χ2n) is 6.45. The molecule has 1 atom stereocenters. The number of carbonyl (C=O) groups excluding carboxylic acids is 1. The monoisotopic (exact) mass is 284 g/mol. The Balaban J connectivity index is 2.37. The Morgan fingerprint density at radius 2 is 1.85 bits per heavy atom. The third-order valence-corrected chi connectivity index (χ3v) is 3.98. The van der Waals surface area contributed by atoms with Crippen molar-refractivity contribution in [3.8, 4) is 0 Å². The van der Waals surface area contributed by atoms with E-state index in [-0.39, 0.29) is 30.2 Å². The number of carboxylic acid groups (broad SMARTS) is 1. The highest BCUT2D eigenvalue weighted by Gasteiger charge is 2.25. The third kappa shape index (κ3) is 6.37. The van der Waals surface area contributed by atoms with Crippen LogP contribution in [0.25, 0.3) is 0 Å². The van der Waals surface area contributed by atoms with Crippen LogP contribution in [0.2, 0.25) is 0 Å². The molecule has 0 aromatic heterocycles. The number of hydrogen-bond donors (Lipinski definition) is 3. The minimum atomic E-state index is -0.798. The van der Waals surface area contributed by atoms with E-state index in [1.165, 1.54) is 0 Å². The Bertz CT molecular complexity index is 323. The van der Waals surface area contributed by atoms with Gasteiger partial charge in [-0.2, -0.15) is 0 Å². The number of carbonyl (C=O) groups is 2.